The zero-order valence-electron chi connectivity index (χ0n) is 11.2. The van der Waals surface area contributed by atoms with Crippen LogP contribution < -0.4 is 14.9 Å². The van der Waals surface area contributed by atoms with Gasteiger partial charge in [0.25, 0.3) is 5.52 Å². The van der Waals surface area contributed by atoms with E-state index < -0.39 is 0 Å². The molecule has 0 radical (unpaired) electrons. The maximum atomic E-state index is 12.2. The van der Waals surface area contributed by atoms with Crippen molar-refractivity contribution in [3.8, 4) is 0 Å². The fourth-order valence-corrected chi connectivity index (χ4v) is 2.74. The van der Waals surface area contributed by atoms with E-state index in [1.54, 1.807) is 12.1 Å². The lowest BCUT2D eigenvalue weighted by Gasteiger charge is -2.10. The van der Waals surface area contributed by atoms with Crippen LogP contribution in [0.15, 0.2) is 12.1 Å². The van der Waals surface area contributed by atoms with Gasteiger partial charge in [-0.15, -0.1) is 0 Å². The van der Waals surface area contributed by atoms with Gasteiger partial charge in [0.1, 0.15) is 0 Å². The highest BCUT2D eigenvalue weighted by Gasteiger charge is 2.26. The topological polar surface area (TPSA) is 99.0 Å². The third kappa shape index (κ3) is 1.90. The summed E-state index contributed by atoms with van der Waals surface area (Å²) in [6.07, 6.45) is 1.47. The minimum Gasteiger partial charge on any atom is -0.739 e. The lowest BCUT2D eigenvalue weighted by molar-refractivity contribution is -0.672. The first-order chi connectivity index (χ1) is 9.63. The molecule has 1 heterocycles. The first-order valence-electron chi connectivity index (χ1n) is 6.67. The second-order valence-electron chi connectivity index (χ2n) is 5.09. The molecule has 2 N–H and O–H groups in total. The van der Waals surface area contributed by atoms with Crippen molar-refractivity contribution in [3.05, 3.63) is 33.7 Å². The number of nitrogens with one attached hydrogen (secondary N) is 1. The Morgan fingerprint density at radius 1 is 1.30 bits per heavy atom. The van der Waals surface area contributed by atoms with E-state index in [2.05, 4.69) is 10.4 Å². The van der Waals surface area contributed by atoms with Crippen molar-refractivity contribution in [1.29, 1.82) is 0 Å². The van der Waals surface area contributed by atoms with Crippen molar-refractivity contribution in [1.82, 2.24) is 5.10 Å². The second kappa shape index (κ2) is 4.75. The van der Waals surface area contributed by atoms with Crippen LogP contribution in [-0.2, 0) is 12.8 Å². The van der Waals surface area contributed by atoms with Gasteiger partial charge >= 0.3 is 5.95 Å². The van der Waals surface area contributed by atoms with Gasteiger partial charge in [-0.3, -0.25) is 5.32 Å². The van der Waals surface area contributed by atoms with Crippen molar-refractivity contribution in [2.24, 2.45) is 5.92 Å². The van der Waals surface area contributed by atoms with Crippen LogP contribution in [0.2, 0.25) is 0 Å². The number of fused-ring (bicyclic) bond motifs is 2. The van der Waals surface area contributed by atoms with Gasteiger partial charge in [-0.1, -0.05) is 0 Å². The molecule has 1 aliphatic carbocycles. The fourth-order valence-electron chi connectivity index (χ4n) is 2.74. The molecule has 0 saturated heterocycles. The van der Waals surface area contributed by atoms with Crippen LogP contribution in [0.3, 0.4) is 0 Å². The van der Waals surface area contributed by atoms with E-state index in [9.17, 15) is 15.5 Å². The van der Waals surface area contributed by atoms with Crippen LogP contribution in [0.4, 0.5) is 5.95 Å². The molecule has 1 aromatic carbocycles. The van der Waals surface area contributed by atoms with Crippen molar-refractivity contribution in [3.63, 3.8) is 0 Å². The maximum Gasteiger partial charge on any atom is 0.460 e. The molecule has 7 heteroatoms. The zero-order chi connectivity index (χ0) is 14.3. The number of anilines is 1. The number of aromatic nitrogens is 3. The molecule has 1 atom stereocenters. The highest BCUT2D eigenvalue weighted by atomic mass is 16.5. The lowest BCUT2D eigenvalue weighted by Crippen LogP contribution is -2.44. The Hall–Kier alpha value is -2.15. The first kappa shape index (κ1) is 12.9. The number of hydrogen-bond acceptors (Lipinski definition) is 5. The third-order valence-corrected chi connectivity index (χ3v) is 3.71. The summed E-state index contributed by atoms with van der Waals surface area (Å²) >= 11 is 0. The molecule has 2 aromatic rings. The number of nitrogens with zero attached hydrogens (tertiary/aromatic N) is 3. The predicted molar refractivity (Wildman–Crippen MR) is 71.8 cm³/mol. The SMILES string of the molecule is CCNc1n[n+]([O-])c2cc3c(cc2[n+]1[O-])CC(CO)C3. The molecule has 7 nitrogen and oxygen atoms in total. The average molecular weight is 276 g/mol. The monoisotopic (exact) mass is 276 g/mol. The largest absolute Gasteiger partial charge is 0.739 e. The molecule has 0 spiro atoms. The van der Waals surface area contributed by atoms with Crippen molar-refractivity contribution in [2.45, 2.75) is 19.8 Å². The second-order valence-corrected chi connectivity index (χ2v) is 5.09. The molecular weight excluding hydrogens is 260 g/mol. The van der Waals surface area contributed by atoms with E-state index in [1.165, 1.54) is 0 Å². The zero-order valence-corrected chi connectivity index (χ0v) is 11.2. The summed E-state index contributed by atoms with van der Waals surface area (Å²) < 4.78 is 0.653. The minimum absolute atomic E-state index is 0.00616. The van der Waals surface area contributed by atoms with Gasteiger partial charge in [-0.2, -0.15) is 0 Å². The third-order valence-electron chi connectivity index (χ3n) is 3.71. The van der Waals surface area contributed by atoms with Gasteiger partial charge in [0.05, 0.1) is 6.54 Å². The maximum absolute atomic E-state index is 12.2. The highest BCUT2D eigenvalue weighted by molar-refractivity contribution is 5.71. The highest BCUT2D eigenvalue weighted by Crippen LogP contribution is 2.28. The summed E-state index contributed by atoms with van der Waals surface area (Å²) in [5.74, 6) is 0.176. The van der Waals surface area contributed by atoms with E-state index in [4.69, 9.17) is 0 Å². The minimum atomic E-state index is 0.00616. The molecule has 0 saturated carbocycles. The number of aliphatic hydroxyl groups excluding tert-OH is 1. The van der Waals surface area contributed by atoms with Crippen molar-refractivity contribution in [2.75, 3.05) is 18.5 Å². The smallest absolute Gasteiger partial charge is 0.460 e. The van der Waals surface area contributed by atoms with Crippen LogP contribution in [0.25, 0.3) is 11.0 Å². The molecule has 3 rings (SSSR count). The fraction of sp³-hybridized carbons (Fsp3) is 0.462. The first-order valence-corrected chi connectivity index (χ1v) is 6.67. The molecule has 0 amide bonds. The number of aliphatic hydroxyl groups is 1. The van der Waals surface area contributed by atoms with Gasteiger partial charge in [-0.05, 0) is 42.9 Å². The molecule has 20 heavy (non-hydrogen) atoms. The number of benzene rings is 1. The summed E-state index contributed by atoms with van der Waals surface area (Å²) in [6.45, 7) is 2.45. The summed E-state index contributed by atoms with van der Waals surface area (Å²) in [7, 11) is 0. The predicted octanol–water partition coefficient (Wildman–Crippen LogP) is -0.360. The Bertz CT molecular complexity index is 674. The van der Waals surface area contributed by atoms with E-state index in [-0.39, 0.29) is 24.0 Å². The van der Waals surface area contributed by atoms with E-state index in [0.717, 1.165) is 24.0 Å². The van der Waals surface area contributed by atoms with E-state index in [1.807, 2.05) is 6.92 Å². The summed E-state index contributed by atoms with van der Waals surface area (Å²) in [5, 5.41) is 39.9. The van der Waals surface area contributed by atoms with Crippen molar-refractivity contribution >= 4 is 17.0 Å². The van der Waals surface area contributed by atoms with E-state index in [0.29, 0.717) is 21.6 Å². The van der Waals surface area contributed by atoms with Crippen LogP contribution in [0.5, 0.6) is 0 Å². The summed E-state index contributed by atoms with van der Waals surface area (Å²) in [4.78, 5) is 0.480. The van der Waals surface area contributed by atoms with E-state index >= 15 is 0 Å². The van der Waals surface area contributed by atoms with Crippen LogP contribution >= 0.6 is 0 Å². The summed E-state index contributed by atoms with van der Waals surface area (Å²) in [5.41, 5.74) is 2.61. The normalized spacial score (nSPS) is 17.4. The van der Waals surface area contributed by atoms with Crippen molar-refractivity contribution < 1.29 is 14.7 Å². The molecule has 1 unspecified atom stereocenters. The van der Waals surface area contributed by atoms with Crippen LogP contribution in [0.1, 0.15) is 18.1 Å². The summed E-state index contributed by atoms with van der Waals surface area (Å²) in [6, 6.07) is 3.45. The molecule has 0 bridgehead atoms. The van der Waals surface area contributed by atoms with Gasteiger partial charge in [0.15, 0.2) is 5.52 Å². The Kier molecular flexibility index (Phi) is 3.06. The standard InChI is InChI=1S/C13H16N4O3/c1-2-14-13-15-17(20)12-6-10-4-8(7-18)3-9(10)5-11(12)16(13)19/h5-6,8,18H,2-4,7H2,1H3,(H,14,15). The molecule has 1 aromatic heterocycles. The molecule has 0 fully saturated rings. The molecule has 1 aliphatic rings. The molecular formula is C13H16N4O3. The number of rotatable bonds is 3. The lowest BCUT2D eigenvalue weighted by atomic mass is 10.1. The van der Waals surface area contributed by atoms with Gasteiger partial charge in [-0.25, -0.2) is 4.73 Å². The quantitative estimate of drug-likeness (QED) is 0.589. The van der Waals surface area contributed by atoms with Gasteiger partial charge in [0, 0.05) is 17.5 Å². The van der Waals surface area contributed by atoms with Gasteiger partial charge in [0.2, 0.25) is 5.10 Å². The van der Waals surface area contributed by atoms with Gasteiger partial charge < -0.3 is 15.5 Å². The number of hydrogen-bond donors (Lipinski definition) is 2. The average Bonchev–Trinajstić information content (AvgIpc) is 2.85. The molecule has 0 aliphatic heterocycles. The Morgan fingerprint density at radius 2 is 1.95 bits per heavy atom. The Balaban J connectivity index is 2.18. The van der Waals surface area contributed by atoms with Crippen LogP contribution in [0, 0.1) is 16.3 Å². The molecule has 106 valence electrons. The van der Waals surface area contributed by atoms with Crippen LogP contribution in [-0.4, -0.2) is 23.4 Å². The Morgan fingerprint density at radius 3 is 2.55 bits per heavy atom. The Labute approximate surface area is 115 Å².